The van der Waals surface area contributed by atoms with Crippen molar-refractivity contribution in [3.63, 3.8) is 0 Å². The summed E-state index contributed by atoms with van der Waals surface area (Å²) >= 11 is 0. The van der Waals surface area contributed by atoms with E-state index in [1.165, 1.54) is 6.42 Å². The van der Waals surface area contributed by atoms with Crippen LogP contribution in [0.25, 0.3) is 0 Å². The molecule has 0 aliphatic heterocycles. The van der Waals surface area contributed by atoms with Crippen molar-refractivity contribution < 1.29 is 13.3 Å². The fourth-order valence-corrected chi connectivity index (χ4v) is 6.66. The van der Waals surface area contributed by atoms with E-state index >= 15 is 0 Å². The van der Waals surface area contributed by atoms with E-state index in [1.807, 2.05) is 0 Å². The molecule has 0 N–H and O–H groups in total. The first-order valence-electron chi connectivity index (χ1n) is 7.83. The van der Waals surface area contributed by atoms with Crippen molar-refractivity contribution in [2.75, 3.05) is 0 Å². The predicted molar refractivity (Wildman–Crippen MR) is 85.9 cm³/mol. The van der Waals surface area contributed by atoms with Crippen LogP contribution in [-0.2, 0) is 13.3 Å². The molecule has 4 heteroatoms. The van der Waals surface area contributed by atoms with Gasteiger partial charge < -0.3 is 13.3 Å². The molecule has 0 heterocycles. The highest BCUT2D eigenvalue weighted by Gasteiger charge is 2.57. The van der Waals surface area contributed by atoms with Crippen molar-refractivity contribution in [3.05, 3.63) is 0 Å². The van der Waals surface area contributed by atoms with Gasteiger partial charge in [0.15, 0.2) is 0 Å². The summed E-state index contributed by atoms with van der Waals surface area (Å²) in [5, 5.41) is 0. The van der Waals surface area contributed by atoms with Gasteiger partial charge in [-0.15, -0.1) is 0 Å². The van der Waals surface area contributed by atoms with Gasteiger partial charge in [0.1, 0.15) is 0 Å². The standard InChI is InChI=1S/C16H34O3Si/c1-14(2,3)17-20(13-11-10-12-13,18-15(4,5)6)19-16(7,8)9/h13H,10-12H2,1-9H3. The lowest BCUT2D eigenvalue weighted by Gasteiger charge is -2.48. The molecule has 0 saturated heterocycles. The molecular weight excluding hydrogens is 268 g/mol. The minimum absolute atomic E-state index is 0.252. The Morgan fingerprint density at radius 3 is 1.10 bits per heavy atom. The van der Waals surface area contributed by atoms with Crippen LogP contribution >= 0.6 is 0 Å². The van der Waals surface area contributed by atoms with Crippen molar-refractivity contribution in [2.45, 2.75) is 104 Å². The molecule has 0 aromatic heterocycles. The fourth-order valence-electron chi connectivity index (χ4n) is 2.35. The van der Waals surface area contributed by atoms with E-state index in [9.17, 15) is 0 Å². The number of hydrogen-bond acceptors (Lipinski definition) is 3. The molecule has 0 radical (unpaired) electrons. The smallest absolute Gasteiger partial charge is 0.368 e. The van der Waals surface area contributed by atoms with E-state index in [4.69, 9.17) is 13.3 Å². The molecular formula is C16H34O3Si. The molecule has 0 unspecified atom stereocenters. The third-order valence-corrected chi connectivity index (χ3v) is 7.22. The predicted octanol–water partition coefficient (Wildman–Crippen LogP) is 4.92. The average molecular weight is 303 g/mol. The third kappa shape index (κ3) is 5.84. The largest absolute Gasteiger partial charge is 0.505 e. The minimum atomic E-state index is -2.72. The first-order chi connectivity index (χ1) is 8.73. The zero-order valence-corrected chi connectivity index (χ0v) is 15.9. The molecule has 1 saturated carbocycles. The molecule has 20 heavy (non-hydrogen) atoms. The summed E-state index contributed by atoms with van der Waals surface area (Å²) in [7, 11) is -2.72. The van der Waals surface area contributed by atoms with Crippen molar-refractivity contribution in [1.29, 1.82) is 0 Å². The number of rotatable bonds is 4. The van der Waals surface area contributed by atoms with E-state index in [0.29, 0.717) is 5.54 Å². The SMILES string of the molecule is CC(C)(C)O[Si](OC(C)(C)C)(OC(C)(C)C)C1CCC1. The molecule has 0 aromatic rings. The molecule has 1 aliphatic rings. The Balaban J connectivity index is 3.09. The fraction of sp³-hybridized carbons (Fsp3) is 1.00. The molecule has 1 fully saturated rings. The first-order valence-corrected chi connectivity index (χ1v) is 9.63. The van der Waals surface area contributed by atoms with Gasteiger partial charge in [-0.05, 0) is 75.2 Å². The van der Waals surface area contributed by atoms with E-state index in [-0.39, 0.29) is 16.8 Å². The third-order valence-electron chi connectivity index (χ3n) is 2.95. The van der Waals surface area contributed by atoms with E-state index < -0.39 is 8.80 Å². The Morgan fingerprint density at radius 2 is 0.950 bits per heavy atom. The van der Waals surface area contributed by atoms with Crippen LogP contribution in [0.2, 0.25) is 5.54 Å². The van der Waals surface area contributed by atoms with Crippen LogP contribution in [0, 0.1) is 0 Å². The van der Waals surface area contributed by atoms with Crippen LogP contribution in [0.4, 0.5) is 0 Å². The molecule has 0 bridgehead atoms. The summed E-state index contributed by atoms with van der Waals surface area (Å²) in [5.74, 6) is 0. The molecule has 1 aliphatic carbocycles. The summed E-state index contributed by atoms with van der Waals surface area (Å²) < 4.78 is 19.4. The van der Waals surface area contributed by atoms with Gasteiger partial charge >= 0.3 is 8.80 Å². The lowest BCUT2D eigenvalue weighted by atomic mass is 10.00. The highest BCUT2D eigenvalue weighted by Crippen LogP contribution is 2.47. The van der Waals surface area contributed by atoms with Gasteiger partial charge in [-0.3, -0.25) is 0 Å². The Hall–Kier alpha value is 0.0969. The maximum atomic E-state index is 6.48. The van der Waals surface area contributed by atoms with Gasteiger partial charge in [-0.2, -0.15) is 0 Å². The lowest BCUT2D eigenvalue weighted by molar-refractivity contribution is -0.0858. The monoisotopic (exact) mass is 302 g/mol. The van der Waals surface area contributed by atoms with Crippen molar-refractivity contribution in [1.82, 2.24) is 0 Å². The molecule has 120 valence electrons. The van der Waals surface area contributed by atoms with Gasteiger partial charge in [-0.1, -0.05) is 6.42 Å². The molecule has 0 atom stereocenters. The zero-order chi connectivity index (χ0) is 15.8. The quantitative estimate of drug-likeness (QED) is 0.690. The Morgan fingerprint density at radius 1 is 0.650 bits per heavy atom. The summed E-state index contributed by atoms with van der Waals surface area (Å²) in [5.41, 5.74) is -0.310. The second-order valence-corrected chi connectivity index (χ2v) is 11.5. The van der Waals surface area contributed by atoms with Gasteiger partial charge in [0.25, 0.3) is 0 Å². The zero-order valence-electron chi connectivity index (χ0n) is 14.9. The van der Waals surface area contributed by atoms with Crippen LogP contribution in [-0.4, -0.2) is 25.6 Å². The maximum Gasteiger partial charge on any atom is 0.505 e. The van der Waals surface area contributed by atoms with Crippen molar-refractivity contribution >= 4 is 8.80 Å². The first kappa shape index (κ1) is 18.1. The molecule has 1 rings (SSSR count). The second-order valence-electron chi connectivity index (χ2n) is 8.87. The van der Waals surface area contributed by atoms with Crippen molar-refractivity contribution in [2.24, 2.45) is 0 Å². The molecule has 0 aromatic carbocycles. The molecule has 3 nitrogen and oxygen atoms in total. The van der Waals surface area contributed by atoms with Gasteiger partial charge in [0.2, 0.25) is 0 Å². The van der Waals surface area contributed by atoms with Crippen LogP contribution in [0.15, 0.2) is 0 Å². The van der Waals surface area contributed by atoms with Gasteiger partial charge in [-0.25, -0.2) is 0 Å². The normalized spacial score (nSPS) is 19.1. The van der Waals surface area contributed by atoms with E-state index in [1.54, 1.807) is 0 Å². The van der Waals surface area contributed by atoms with E-state index in [0.717, 1.165) is 12.8 Å². The minimum Gasteiger partial charge on any atom is -0.368 e. The summed E-state index contributed by atoms with van der Waals surface area (Å²) in [4.78, 5) is 0. The average Bonchev–Trinajstić information content (AvgIpc) is 1.84. The molecule has 0 amide bonds. The Bertz CT molecular complexity index is 275. The summed E-state index contributed by atoms with van der Waals surface area (Å²) in [6, 6.07) is 0. The van der Waals surface area contributed by atoms with Gasteiger partial charge in [0, 0.05) is 5.54 Å². The van der Waals surface area contributed by atoms with Crippen molar-refractivity contribution in [3.8, 4) is 0 Å². The summed E-state index contributed by atoms with van der Waals surface area (Å²) in [6.45, 7) is 18.8. The Kier molecular flexibility index (Phi) is 5.18. The Labute approximate surface area is 126 Å². The lowest BCUT2D eigenvalue weighted by Crippen LogP contribution is -2.61. The highest BCUT2D eigenvalue weighted by atomic mass is 28.4. The molecule has 0 spiro atoms. The van der Waals surface area contributed by atoms with E-state index in [2.05, 4.69) is 62.3 Å². The van der Waals surface area contributed by atoms with Crippen LogP contribution in [0.3, 0.4) is 0 Å². The highest BCUT2D eigenvalue weighted by molar-refractivity contribution is 6.63. The topological polar surface area (TPSA) is 27.7 Å². The van der Waals surface area contributed by atoms with Crippen LogP contribution in [0.1, 0.15) is 81.6 Å². The number of hydrogen-bond donors (Lipinski definition) is 0. The second kappa shape index (κ2) is 5.71. The maximum absolute atomic E-state index is 6.48. The van der Waals surface area contributed by atoms with Gasteiger partial charge in [0.05, 0.1) is 16.8 Å². The van der Waals surface area contributed by atoms with Crippen LogP contribution < -0.4 is 0 Å². The van der Waals surface area contributed by atoms with Crippen LogP contribution in [0.5, 0.6) is 0 Å². The summed E-state index contributed by atoms with van der Waals surface area (Å²) in [6.07, 6.45) is 3.58.